The second-order valence-electron chi connectivity index (χ2n) is 4.28. The van der Waals surface area contributed by atoms with Crippen molar-refractivity contribution >= 4 is 11.6 Å². The molecular formula is C14H10N3O2-. The van der Waals surface area contributed by atoms with Crippen molar-refractivity contribution in [2.45, 2.75) is 6.92 Å². The molecule has 0 aliphatic heterocycles. The molecule has 3 aromatic rings. The molecule has 5 nitrogen and oxygen atoms in total. The van der Waals surface area contributed by atoms with E-state index in [-0.39, 0.29) is 5.69 Å². The number of fused-ring (bicyclic) bond motifs is 1. The van der Waals surface area contributed by atoms with E-state index in [4.69, 9.17) is 0 Å². The van der Waals surface area contributed by atoms with Crippen molar-refractivity contribution in [2.24, 2.45) is 0 Å². The lowest BCUT2D eigenvalue weighted by Crippen LogP contribution is -2.22. The van der Waals surface area contributed by atoms with Gasteiger partial charge in [-0.3, -0.25) is 0 Å². The normalized spacial score (nSPS) is 10.8. The standard InChI is InChI=1S/C14H11N3O2/c1-9-2-4-10(5-3-9)12-6-7-15-13-8-11(14(18)19)16-17(12)13/h2-8H,1H3,(H,18,19)/p-1. The molecule has 0 atom stereocenters. The van der Waals surface area contributed by atoms with E-state index < -0.39 is 5.97 Å². The van der Waals surface area contributed by atoms with Gasteiger partial charge in [-0.15, -0.1) is 0 Å². The average Bonchev–Trinajstić information content (AvgIpc) is 2.83. The number of carbonyl (C=O) groups excluding carboxylic acids is 1. The van der Waals surface area contributed by atoms with Crippen LogP contribution in [-0.2, 0) is 0 Å². The van der Waals surface area contributed by atoms with E-state index >= 15 is 0 Å². The Balaban J connectivity index is 2.23. The van der Waals surface area contributed by atoms with Gasteiger partial charge in [0.1, 0.15) is 5.69 Å². The maximum absolute atomic E-state index is 10.8. The Morgan fingerprint density at radius 3 is 2.63 bits per heavy atom. The monoisotopic (exact) mass is 252 g/mol. The number of aryl methyl sites for hydroxylation is 1. The minimum absolute atomic E-state index is 0.118. The van der Waals surface area contributed by atoms with Gasteiger partial charge >= 0.3 is 0 Å². The summed E-state index contributed by atoms with van der Waals surface area (Å²) in [6, 6.07) is 11.1. The van der Waals surface area contributed by atoms with E-state index in [9.17, 15) is 9.90 Å². The van der Waals surface area contributed by atoms with Crippen LogP contribution in [0.5, 0.6) is 0 Å². The topological polar surface area (TPSA) is 70.3 Å². The van der Waals surface area contributed by atoms with Crippen LogP contribution < -0.4 is 5.11 Å². The van der Waals surface area contributed by atoms with Crippen molar-refractivity contribution < 1.29 is 9.90 Å². The fraction of sp³-hybridized carbons (Fsp3) is 0.0714. The van der Waals surface area contributed by atoms with E-state index in [1.54, 1.807) is 12.3 Å². The number of carbonyl (C=O) groups is 1. The second-order valence-corrected chi connectivity index (χ2v) is 4.28. The average molecular weight is 252 g/mol. The van der Waals surface area contributed by atoms with E-state index in [1.807, 2.05) is 31.2 Å². The number of hydrogen-bond donors (Lipinski definition) is 0. The highest BCUT2D eigenvalue weighted by Gasteiger charge is 2.08. The molecule has 3 rings (SSSR count). The number of aromatic nitrogens is 3. The van der Waals surface area contributed by atoms with Crippen LogP contribution in [-0.4, -0.2) is 20.6 Å². The van der Waals surface area contributed by atoms with Gasteiger partial charge in [-0.25, -0.2) is 9.50 Å². The van der Waals surface area contributed by atoms with E-state index in [0.29, 0.717) is 5.65 Å². The summed E-state index contributed by atoms with van der Waals surface area (Å²) in [5.74, 6) is -1.31. The Morgan fingerprint density at radius 2 is 1.95 bits per heavy atom. The Hall–Kier alpha value is -2.69. The molecule has 2 aromatic heterocycles. The van der Waals surface area contributed by atoms with Crippen LogP contribution in [0.1, 0.15) is 16.1 Å². The molecule has 0 fully saturated rings. The van der Waals surface area contributed by atoms with Crippen LogP contribution in [0.3, 0.4) is 0 Å². The quantitative estimate of drug-likeness (QED) is 0.684. The molecule has 19 heavy (non-hydrogen) atoms. The number of carboxylic acids is 1. The summed E-state index contributed by atoms with van der Waals surface area (Å²) in [4.78, 5) is 14.9. The number of hydrogen-bond acceptors (Lipinski definition) is 4. The van der Waals surface area contributed by atoms with Crippen LogP contribution in [0.2, 0.25) is 0 Å². The smallest absolute Gasteiger partial charge is 0.156 e. The van der Waals surface area contributed by atoms with Crippen LogP contribution in [0.4, 0.5) is 0 Å². The summed E-state index contributed by atoms with van der Waals surface area (Å²) < 4.78 is 1.51. The zero-order valence-electron chi connectivity index (χ0n) is 10.2. The number of rotatable bonds is 2. The molecule has 0 aliphatic rings. The first-order valence-electron chi connectivity index (χ1n) is 5.78. The lowest BCUT2D eigenvalue weighted by molar-refractivity contribution is -0.255. The highest BCUT2D eigenvalue weighted by molar-refractivity contribution is 5.85. The Bertz CT molecular complexity index is 760. The number of benzene rings is 1. The first-order valence-corrected chi connectivity index (χ1v) is 5.78. The third-order valence-corrected chi connectivity index (χ3v) is 2.91. The third-order valence-electron chi connectivity index (χ3n) is 2.91. The largest absolute Gasteiger partial charge is 0.543 e. The second kappa shape index (κ2) is 4.20. The van der Waals surface area contributed by atoms with Crippen molar-refractivity contribution in [3.63, 3.8) is 0 Å². The van der Waals surface area contributed by atoms with Crippen molar-refractivity contribution in [1.29, 1.82) is 0 Å². The van der Waals surface area contributed by atoms with Gasteiger partial charge in [0.25, 0.3) is 0 Å². The summed E-state index contributed by atoms with van der Waals surface area (Å²) in [6.45, 7) is 2.01. The molecule has 0 amide bonds. The number of nitrogens with zero attached hydrogens (tertiary/aromatic N) is 3. The molecule has 94 valence electrons. The molecule has 2 heterocycles. The SMILES string of the molecule is Cc1ccc(-c2ccnc3cc(C(=O)[O-])nn23)cc1. The van der Waals surface area contributed by atoms with Gasteiger partial charge in [0.2, 0.25) is 0 Å². The minimum atomic E-state index is -1.31. The highest BCUT2D eigenvalue weighted by atomic mass is 16.4. The van der Waals surface area contributed by atoms with Crippen LogP contribution in [0.25, 0.3) is 16.9 Å². The van der Waals surface area contributed by atoms with E-state index in [2.05, 4.69) is 10.1 Å². The zero-order chi connectivity index (χ0) is 13.4. The molecular weight excluding hydrogens is 242 g/mol. The molecule has 0 saturated heterocycles. The van der Waals surface area contributed by atoms with Crippen LogP contribution in [0.15, 0.2) is 42.6 Å². The summed E-state index contributed by atoms with van der Waals surface area (Å²) in [5.41, 5.74) is 3.26. The fourth-order valence-corrected chi connectivity index (χ4v) is 1.94. The summed E-state index contributed by atoms with van der Waals surface area (Å²) in [7, 11) is 0. The molecule has 0 unspecified atom stereocenters. The van der Waals surface area contributed by atoms with Crippen LogP contribution >= 0.6 is 0 Å². The molecule has 5 heteroatoms. The van der Waals surface area contributed by atoms with Gasteiger partial charge in [-0.2, -0.15) is 5.10 Å². The molecule has 1 aromatic carbocycles. The van der Waals surface area contributed by atoms with Crippen molar-refractivity contribution in [2.75, 3.05) is 0 Å². The maximum Gasteiger partial charge on any atom is 0.156 e. The van der Waals surface area contributed by atoms with Gasteiger partial charge in [0, 0.05) is 17.8 Å². The summed E-state index contributed by atoms with van der Waals surface area (Å²) in [5, 5.41) is 14.9. The Kier molecular flexibility index (Phi) is 2.52. The Morgan fingerprint density at radius 1 is 1.21 bits per heavy atom. The fourth-order valence-electron chi connectivity index (χ4n) is 1.94. The predicted octanol–water partition coefficient (Wildman–Crippen LogP) is 1.07. The van der Waals surface area contributed by atoms with Gasteiger partial charge in [0.05, 0.1) is 11.7 Å². The number of carboxylic acid groups (broad SMARTS) is 1. The third kappa shape index (κ3) is 1.95. The van der Waals surface area contributed by atoms with Gasteiger partial charge < -0.3 is 9.90 Å². The van der Waals surface area contributed by atoms with Gasteiger partial charge in [-0.05, 0) is 13.0 Å². The van der Waals surface area contributed by atoms with E-state index in [0.717, 1.165) is 16.8 Å². The maximum atomic E-state index is 10.8. The van der Waals surface area contributed by atoms with Gasteiger partial charge in [0.15, 0.2) is 5.65 Å². The molecule has 0 spiro atoms. The van der Waals surface area contributed by atoms with Gasteiger partial charge in [-0.1, -0.05) is 29.8 Å². The predicted molar refractivity (Wildman–Crippen MR) is 67.5 cm³/mol. The highest BCUT2D eigenvalue weighted by Crippen LogP contribution is 2.20. The lowest BCUT2D eigenvalue weighted by atomic mass is 10.1. The molecule has 0 saturated carbocycles. The lowest BCUT2D eigenvalue weighted by Gasteiger charge is -2.04. The molecule has 0 radical (unpaired) electrons. The molecule has 0 N–H and O–H groups in total. The minimum Gasteiger partial charge on any atom is -0.543 e. The number of aromatic carboxylic acids is 1. The zero-order valence-corrected chi connectivity index (χ0v) is 10.2. The summed E-state index contributed by atoms with van der Waals surface area (Å²) >= 11 is 0. The van der Waals surface area contributed by atoms with Crippen molar-refractivity contribution in [3.8, 4) is 11.3 Å². The Labute approximate surface area is 109 Å². The first-order chi connectivity index (χ1) is 9.15. The van der Waals surface area contributed by atoms with E-state index in [1.165, 1.54) is 10.6 Å². The summed E-state index contributed by atoms with van der Waals surface area (Å²) in [6.07, 6.45) is 1.63. The first kappa shape index (κ1) is 11.4. The molecule has 0 aliphatic carbocycles. The van der Waals surface area contributed by atoms with Crippen LogP contribution in [0, 0.1) is 6.92 Å². The van der Waals surface area contributed by atoms with Crippen molar-refractivity contribution in [3.05, 3.63) is 53.9 Å². The molecule has 0 bridgehead atoms. The van der Waals surface area contributed by atoms with Crippen molar-refractivity contribution in [1.82, 2.24) is 14.6 Å².